The lowest BCUT2D eigenvalue weighted by Gasteiger charge is -2.22. The van der Waals surface area contributed by atoms with Crippen molar-refractivity contribution in [3.8, 4) is 11.4 Å². The van der Waals surface area contributed by atoms with E-state index >= 15 is 0 Å². The molecule has 0 aliphatic carbocycles. The van der Waals surface area contributed by atoms with Crippen LogP contribution in [0.1, 0.15) is 30.7 Å². The maximum atomic E-state index is 12.7. The molecule has 3 aromatic rings. The molecule has 28 heavy (non-hydrogen) atoms. The van der Waals surface area contributed by atoms with Crippen molar-refractivity contribution in [3.63, 3.8) is 0 Å². The Balaban J connectivity index is 1.59. The Kier molecular flexibility index (Phi) is 6.56. The normalized spacial score (nSPS) is 10.7. The van der Waals surface area contributed by atoms with Crippen molar-refractivity contribution < 1.29 is 23.6 Å². The van der Waals surface area contributed by atoms with Gasteiger partial charge in [0, 0.05) is 32.4 Å². The van der Waals surface area contributed by atoms with Gasteiger partial charge in [0.2, 0.25) is 17.6 Å². The van der Waals surface area contributed by atoms with E-state index in [1.807, 2.05) is 30.3 Å². The number of rotatable bonds is 10. The second kappa shape index (κ2) is 9.50. The fraction of sp³-hybridized carbons (Fsp3) is 0.300. The van der Waals surface area contributed by atoms with Crippen molar-refractivity contribution in [3.05, 3.63) is 60.4 Å². The van der Waals surface area contributed by atoms with Crippen molar-refractivity contribution in [2.75, 3.05) is 6.54 Å². The van der Waals surface area contributed by atoms with Crippen LogP contribution in [0, 0.1) is 0 Å². The van der Waals surface area contributed by atoms with Gasteiger partial charge in [-0.15, -0.1) is 0 Å². The van der Waals surface area contributed by atoms with Gasteiger partial charge in [0.1, 0.15) is 6.26 Å². The Morgan fingerprint density at radius 2 is 1.93 bits per heavy atom. The number of carboxylic acids is 1. The highest BCUT2D eigenvalue weighted by molar-refractivity contribution is 5.76. The van der Waals surface area contributed by atoms with Crippen molar-refractivity contribution >= 4 is 11.9 Å². The molecule has 1 amide bonds. The van der Waals surface area contributed by atoms with E-state index in [4.69, 9.17) is 14.0 Å². The van der Waals surface area contributed by atoms with E-state index in [1.54, 1.807) is 11.0 Å². The lowest BCUT2D eigenvalue weighted by Crippen LogP contribution is -2.32. The molecule has 8 nitrogen and oxygen atoms in total. The SMILES string of the molecule is O=C(O)CCCN(Cc1ccccc1)C(=O)CCc1nc(-c2ccoc2)no1. The molecular formula is C20H21N3O5. The molecule has 2 aromatic heterocycles. The summed E-state index contributed by atoms with van der Waals surface area (Å²) in [6.07, 6.45) is 3.98. The zero-order chi connectivity index (χ0) is 19.8. The smallest absolute Gasteiger partial charge is 0.303 e. The molecule has 0 radical (unpaired) electrons. The minimum atomic E-state index is -0.871. The van der Waals surface area contributed by atoms with Crippen LogP contribution in [0.5, 0.6) is 0 Å². The number of aryl methyl sites for hydroxylation is 1. The molecule has 0 atom stereocenters. The number of nitrogens with zero attached hydrogens (tertiary/aromatic N) is 3. The maximum absolute atomic E-state index is 12.7. The Morgan fingerprint density at radius 3 is 2.64 bits per heavy atom. The summed E-state index contributed by atoms with van der Waals surface area (Å²) < 4.78 is 10.2. The average Bonchev–Trinajstić information content (AvgIpc) is 3.37. The van der Waals surface area contributed by atoms with Gasteiger partial charge in [-0.2, -0.15) is 4.98 Å². The van der Waals surface area contributed by atoms with E-state index in [9.17, 15) is 9.59 Å². The molecule has 0 aliphatic rings. The fourth-order valence-electron chi connectivity index (χ4n) is 2.75. The van der Waals surface area contributed by atoms with Crippen molar-refractivity contribution in [2.24, 2.45) is 0 Å². The average molecular weight is 383 g/mol. The van der Waals surface area contributed by atoms with Gasteiger partial charge in [-0.25, -0.2) is 0 Å². The van der Waals surface area contributed by atoms with Crippen LogP contribution in [0.15, 0.2) is 57.9 Å². The van der Waals surface area contributed by atoms with Gasteiger partial charge >= 0.3 is 5.97 Å². The summed E-state index contributed by atoms with van der Waals surface area (Å²) >= 11 is 0. The molecule has 3 rings (SSSR count). The Hall–Kier alpha value is -3.42. The Labute approximate surface area is 161 Å². The second-order valence-corrected chi connectivity index (χ2v) is 6.32. The molecule has 2 heterocycles. The van der Waals surface area contributed by atoms with Crippen LogP contribution in [0.3, 0.4) is 0 Å². The third-order valence-electron chi connectivity index (χ3n) is 4.19. The van der Waals surface area contributed by atoms with E-state index < -0.39 is 5.97 Å². The molecule has 0 spiro atoms. The fourth-order valence-corrected chi connectivity index (χ4v) is 2.75. The maximum Gasteiger partial charge on any atom is 0.303 e. The number of hydrogen-bond donors (Lipinski definition) is 1. The molecule has 0 aliphatic heterocycles. The number of benzene rings is 1. The number of carbonyl (C=O) groups excluding carboxylic acids is 1. The Morgan fingerprint density at radius 1 is 1.11 bits per heavy atom. The summed E-state index contributed by atoms with van der Waals surface area (Å²) in [4.78, 5) is 29.4. The molecule has 0 fully saturated rings. The zero-order valence-electron chi connectivity index (χ0n) is 15.3. The van der Waals surface area contributed by atoms with Crippen LogP contribution in [-0.2, 0) is 22.6 Å². The third-order valence-corrected chi connectivity index (χ3v) is 4.19. The van der Waals surface area contributed by atoms with Crippen molar-refractivity contribution in [2.45, 2.75) is 32.2 Å². The molecule has 0 saturated carbocycles. The summed E-state index contributed by atoms with van der Waals surface area (Å²) in [7, 11) is 0. The number of amides is 1. The Bertz CT molecular complexity index is 890. The van der Waals surface area contributed by atoms with Gasteiger partial charge in [0.05, 0.1) is 11.8 Å². The number of aromatic nitrogens is 2. The number of hydrogen-bond acceptors (Lipinski definition) is 6. The monoisotopic (exact) mass is 383 g/mol. The summed E-state index contributed by atoms with van der Waals surface area (Å²) in [5, 5.41) is 12.7. The largest absolute Gasteiger partial charge is 0.481 e. The standard InChI is InChI=1S/C20H21N3O5/c24-18(9-8-17-21-20(22-28-17)16-10-12-27-14-16)23(11-4-7-19(25)26)13-15-5-2-1-3-6-15/h1-3,5-6,10,12,14H,4,7-9,11,13H2,(H,25,26). The summed E-state index contributed by atoms with van der Waals surface area (Å²) in [5.74, 6) is -0.171. The van der Waals surface area contributed by atoms with E-state index in [-0.39, 0.29) is 18.7 Å². The van der Waals surface area contributed by atoms with Crippen LogP contribution in [0.4, 0.5) is 0 Å². The number of furan rings is 1. The number of aliphatic carboxylic acids is 1. The van der Waals surface area contributed by atoms with E-state index in [2.05, 4.69) is 10.1 Å². The lowest BCUT2D eigenvalue weighted by molar-refractivity contribution is -0.138. The molecular weight excluding hydrogens is 362 g/mol. The van der Waals surface area contributed by atoms with E-state index in [0.29, 0.717) is 43.2 Å². The predicted molar refractivity (Wildman–Crippen MR) is 99.0 cm³/mol. The van der Waals surface area contributed by atoms with E-state index in [1.165, 1.54) is 12.5 Å². The van der Waals surface area contributed by atoms with Crippen LogP contribution in [0.2, 0.25) is 0 Å². The highest BCUT2D eigenvalue weighted by atomic mass is 16.5. The minimum Gasteiger partial charge on any atom is -0.481 e. The summed E-state index contributed by atoms with van der Waals surface area (Å²) in [6.45, 7) is 0.813. The van der Waals surface area contributed by atoms with Crippen LogP contribution < -0.4 is 0 Å². The molecule has 1 aromatic carbocycles. The van der Waals surface area contributed by atoms with Gasteiger partial charge in [-0.1, -0.05) is 35.5 Å². The third kappa shape index (κ3) is 5.54. The van der Waals surface area contributed by atoms with E-state index in [0.717, 1.165) is 5.56 Å². The first-order chi connectivity index (χ1) is 13.6. The highest BCUT2D eigenvalue weighted by Crippen LogP contribution is 2.17. The van der Waals surface area contributed by atoms with Crippen molar-refractivity contribution in [1.82, 2.24) is 15.0 Å². The quantitative estimate of drug-likeness (QED) is 0.572. The van der Waals surface area contributed by atoms with Crippen LogP contribution in [-0.4, -0.2) is 38.6 Å². The molecule has 1 N–H and O–H groups in total. The van der Waals surface area contributed by atoms with Crippen molar-refractivity contribution in [1.29, 1.82) is 0 Å². The molecule has 0 unspecified atom stereocenters. The van der Waals surface area contributed by atoms with Gasteiger partial charge in [0.15, 0.2) is 0 Å². The predicted octanol–water partition coefficient (Wildman–Crippen LogP) is 3.16. The first-order valence-corrected chi connectivity index (χ1v) is 9.00. The number of carboxylic acid groups (broad SMARTS) is 1. The lowest BCUT2D eigenvalue weighted by atomic mass is 10.1. The van der Waals surface area contributed by atoms with Gasteiger partial charge in [-0.3, -0.25) is 9.59 Å². The zero-order valence-corrected chi connectivity index (χ0v) is 15.3. The van der Waals surface area contributed by atoms with Gasteiger partial charge in [-0.05, 0) is 18.1 Å². The highest BCUT2D eigenvalue weighted by Gasteiger charge is 2.17. The number of carbonyl (C=O) groups is 2. The van der Waals surface area contributed by atoms with Gasteiger partial charge < -0.3 is 18.9 Å². The van der Waals surface area contributed by atoms with Gasteiger partial charge in [0.25, 0.3) is 0 Å². The first-order valence-electron chi connectivity index (χ1n) is 9.00. The minimum absolute atomic E-state index is 0.0241. The molecule has 0 saturated heterocycles. The van der Waals surface area contributed by atoms with Crippen LogP contribution in [0.25, 0.3) is 11.4 Å². The summed E-state index contributed by atoms with van der Waals surface area (Å²) in [6, 6.07) is 11.3. The topological polar surface area (TPSA) is 110 Å². The molecule has 0 bridgehead atoms. The second-order valence-electron chi connectivity index (χ2n) is 6.32. The van der Waals surface area contributed by atoms with Crippen LogP contribution >= 0.6 is 0 Å². The summed E-state index contributed by atoms with van der Waals surface area (Å²) in [5.41, 5.74) is 1.70. The molecule has 146 valence electrons. The first kappa shape index (κ1) is 19.3. The molecule has 8 heteroatoms.